The van der Waals surface area contributed by atoms with E-state index >= 15 is 0 Å². The molecule has 0 radical (unpaired) electrons. The summed E-state index contributed by atoms with van der Waals surface area (Å²) in [6, 6.07) is 4.50. The molecule has 0 unspecified atom stereocenters. The van der Waals surface area contributed by atoms with Crippen LogP contribution in [0.3, 0.4) is 0 Å². The minimum atomic E-state index is -0.468. The maximum atomic E-state index is 13.5. The number of carbonyl (C=O) groups is 1. The number of thiazole rings is 1. The second-order valence-electron chi connectivity index (χ2n) is 3.91. The molecule has 0 bridgehead atoms. The Morgan fingerprint density at radius 1 is 1.53 bits per heavy atom. The standard InChI is InChI=1S/C13H13FN2O2S/c1-16(13-15-5-6-19-13)12(17)8-9-3-4-11(18-2)10(14)7-9/h3-7H,8H2,1-2H3. The van der Waals surface area contributed by atoms with E-state index in [-0.39, 0.29) is 18.1 Å². The van der Waals surface area contributed by atoms with E-state index < -0.39 is 5.82 Å². The van der Waals surface area contributed by atoms with Crippen molar-refractivity contribution in [2.75, 3.05) is 19.1 Å². The van der Waals surface area contributed by atoms with Crippen molar-refractivity contribution >= 4 is 22.4 Å². The summed E-state index contributed by atoms with van der Waals surface area (Å²) in [6.45, 7) is 0. The van der Waals surface area contributed by atoms with Gasteiger partial charge in [-0.1, -0.05) is 6.07 Å². The van der Waals surface area contributed by atoms with Crippen LogP contribution in [0.5, 0.6) is 5.75 Å². The molecule has 100 valence electrons. The predicted molar refractivity (Wildman–Crippen MR) is 72.2 cm³/mol. The van der Waals surface area contributed by atoms with Gasteiger partial charge in [-0.05, 0) is 17.7 Å². The molecule has 1 aromatic carbocycles. The molecule has 0 saturated carbocycles. The lowest BCUT2D eigenvalue weighted by molar-refractivity contribution is -0.117. The Morgan fingerprint density at radius 2 is 2.32 bits per heavy atom. The van der Waals surface area contributed by atoms with E-state index in [9.17, 15) is 9.18 Å². The molecular formula is C13H13FN2O2S. The van der Waals surface area contributed by atoms with Crippen molar-refractivity contribution in [1.82, 2.24) is 4.98 Å². The first kappa shape index (κ1) is 13.5. The molecular weight excluding hydrogens is 267 g/mol. The van der Waals surface area contributed by atoms with E-state index in [1.165, 1.54) is 35.5 Å². The smallest absolute Gasteiger partial charge is 0.232 e. The second-order valence-corrected chi connectivity index (χ2v) is 4.79. The van der Waals surface area contributed by atoms with Crippen LogP contribution in [-0.2, 0) is 11.2 Å². The Hall–Kier alpha value is -1.95. The van der Waals surface area contributed by atoms with Crippen LogP contribution in [0.2, 0.25) is 0 Å². The lowest BCUT2D eigenvalue weighted by Gasteiger charge is -2.13. The van der Waals surface area contributed by atoms with Crippen molar-refractivity contribution in [3.63, 3.8) is 0 Å². The quantitative estimate of drug-likeness (QED) is 0.864. The highest BCUT2D eigenvalue weighted by atomic mass is 32.1. The summed E-state index contributed by atoms with van der Waals surface area (Å²) in [5.74, 6) is -0.436. The van der Waals surface area contributed by atoms with Crippen molar-refractivity contribution in [1.29, 1.82) is 0 Å². The first-order valence-electron chi connectivity index (χ1n) is 5.60. The molecule has 2 rings (SSSR count). The monoisotopic (exact) mass is 280 g/mol. The maximum absolute atomic E-state index is 13.5. The topological polar surface area (TPSA) is 42.4 Å². The number of likely N-dealkylation sites (N-methyl/N-ethyl adjacent to an activating group) is 1. The molecule has 1 aromatic heterocycles. The van der Waals surface area contributed by atoms with Crippen LogP contribution < -0.4 is 9.64 Å². The van der Waals surface area contributed by atoms with Gasteiger partial charge in [0.25, 0.3) is 0 Å². The second kappa shape index (κ2) is 5.79. The summed E-state index contributed by atoms with van der Waals surface area (Å²) in [4.78, 5) is 17.5. The van der Waals surface area contributed by atoms with Gasteiger partial charge in [-0.3, -0.25) is 9.69 Å². The van der Waals surface area contributed by atoms with Crippen molar-refractivity contribution in [3.8, 4) is 5.75 Å². The lowest BCUT2D eigenvalue weighted by Crippen LogP contribution is -2.27. The number of carbonyl (C=O) groups excluding carboxylic acids is 1. The van der Waals surface area contributed by atoms with Crippen molar-refractivity contribution in [2.45, 2.75) is 6.42 Å². The summed E-state index contributed by atoms with van der Waals surface area (Å²) in [7, 11) is 3.06. The SMILES string of the molecule is COc1ccc(CC(=O)N(C)c2nccs2)cc1F. The van der Waals surface area contributed by atoms with E-state index in [4.69, 9.17) is 4.74 Å². The van der Waals surface area contributed by atoms with Gasteiger partial charge in [0.1, 0.15) is 0 Å². The minimum absolute atomic E-state index is 0.122. The molecule has 1 amide bonds. The van der Waals surface area contributed by atoms with Gasteiger partial charge in [0.05, 0.1) is 13.5 Å². The number of hydrogen-bond donors (Lipinski definition) is 0. The molecule has 0 atom stereocenters. The summed E-state index contributed by atoms with van der Waals surface area (Å²) < 4.78 is 18.3. The van der Waals surface area contributed by atoms with Gasteiger partial charge in [0, 0.05) is 18.6 Å². The minimum Gasteiger partial charge on any atom is -0.494 e. The molecule has 0 aliphatic carbocycles. The number of ether oxygens (including phenoxy) is 1. The largest absolute Gasteiger partial charge is 0.494 e. The summed E-state index contributed by atoms with van der Waals surface area (Å²) in [5, 5.41) is 2.42. The highest BCUT2D eigenvalue weighted by Gasteiger charge is 2.14. The normalized spacial score (nSPS) is 10.3. The van der Waals surface area contributed by atoms with Gasteiger partial charge in [0.2, 0.25) is 5.91 Å². The van der Waals surface area contributed by atoms with E-state index in [0.717, 1.165) is 0 Å². The number of amides is 1. The average molecular weight is 280 g/mol. The molecule has 0 saturated heterocycles. The van der Waals surface area contributed by atoms with Crippen LogP contribution in [0, 0.1) is 5.82 Å². The van der Waals surface area contributed by atoms with E-state index in [1.54, 1.807) is 24.7 Å². The first-order valence-corrected chi connectivity index (χ1v) is 6.48. The third kappa shape index (κ3) is 3.08. The third-order valence-electron chi connectivity index (χ3n) is 2.65. The fraction of sp³-hybridized carbons (Fsp3) is 0.231. The number of nitrogens with zero attached hydrogens (tertiary/aromatic N) is 2. The van der Waals surface area contributed by atoms with Crippen LogP contribution in [0.25, 0.3) is 0 Å². The Labute approximate surface area is 114 Å². The zero-order valence-electron chi connectivity index (χ0n) is 10.6. The van der Waals surface area contributed by atoms with Crippen LogP contribution in [0.4, 0.5) is 9.52 Å². The number of rotatable bonds is 4. The Balaban J connectivity index is 2.09. The predicted octanol–water partition coefficient (Wildman–Crippen LogP) is 2.50. The zero-order valence-corrected chi connectivity index (χ0v) is 11.4. The van der Waals surface area contributed by atoms with Gasteiger partial charge in [-0.25, -0.2) is 9.37 Å². The number of halogens is 1. The number of hydrogen-bond acceptors (Lipinski definition) is 4. The summed E-state index contributed by atoms with van der Waals surface area (Å²) in [6.07, 6.45) is 1.76. The first-order chi connectivity index (χ1) is 9.11. The van der Waals surface area contributed by atoms with Gasteiger partial charge in [0.15, 0.2) is 16.7 Å². The number of aromatic nitrogens is 1. The third-order valence-corrected chi connectivity index (χ3v) is 3.50. The maximum Gasteiger partial charge on any atom is 0.232 e. The fourth-order valence-electron chi connectivity index (χ4n) is 1.60. The van der Waals surface area contributed by atoms with Gasteiger partial charge < -0.3 is 4.74 Å². The zero-order chi connectivity index (χ0) is 13.8. The Morgan fingerprint density at radius 3 is 2.89 bits per heavy atom. The van der Waals surface area contributed by atoms with E-state index in [1.807, 2.05) is 0 Å². The number of methoxy groups -OCH3 is 1. The van der Waals surface area contributed by atoms with Crippen molar-refractivity contribution in [2.24, 2.45) is 0 Å². The number of anilines is 1. The summed E-state index contributed by atoms with van der Waals surface area (Å²) >= 11 is 1.38. The molecule has 19 heavy (non-hydrogen) atoms. The van der Waals surface area contributed by atoms with Crippen molar-refractivity contribution in [3.05, 3.63) is 41.2 Å². The molecule has 0 aliphatic rings. The molecule has 0 spiro atoms. The lowest BCUT2D eigenvalue weighted by atomic mass is 10.1. The molecule has 0 aliphatic heterocycles. The molecule has 6 heteroatoms. The molecule has 0 fully saturated rings. The Bertz CT molecular complexity index is 572. The highest BCUT2D eigenvalue weighted by Crippen LogP contribution is 2.20. The average Bonchev–Trinajstić information content (AvgIpc) is 2.92. The van der Waals surface area contributed by atoms with Crippen molar-refractivity contribution < 1.29 is 13.9 Å². The molecule has 2 aromatic rings. The van der Waals surface area contributed by atoms with E-state index in [0.29, 0.717) is 10.7 Å². The van der Waals surface area contributed by atoms with E-state index in [2.05, 4.69) is 4.98 Å². The summed E-state index contributed by atoms with van der Waals surface area (Å²) in [5.41, 5.74) is 0.603. The molecule has 0 N–H and O–H groups in total. The molecule has 4 nitrogen and oxygen atoms in total. The van der Waals surface area contributed by atoms with Crippen LogP contribution in [-0.4, -0.2) is 25.0 Å². The Kier molecular flexibility index (Phi) is 4.11. The van der Waals surface area contributed by atoms with Gasteiger partial charge in [-0.2, -0.15) is 0 Å². The highest BCUT2D eigenvalue weighted by molar-refractivity contribution is 7.13. The fourth-order valence-corrected chi connectivity index (χ4v) is 2.23. The molecule has 1 heterocycles. The van der Waals surface area contributed by atoms with Crippen LogP contribution in [0.15, 0.2) is 29.8 Å². The van der Waals surface area contributed by atoms with Crippen LogP contribution >= 0.6 is 11.3 Å². The number of benzene rings is 1. The van der Waals surface area contributed by atoms with Gasteiger partial charge in [-0.15, -0.1) is 11.3 Å². The van der Waals surface area contributed by atoms with Crippen LogP contribution in [0.1, 0.15) is 5.56 Å². The van der Waals surface area contributed by atoms with Gasteiger partial charge >= 0.3 is 0 Å².